The van der Waals surface area contributed by atoms with Gasteiger partial charge in [0.2, 0.25) is 11.8 Å². The van der Waals surface area contributed by atoms with Crippen LogP contribution in [0.4, 0.5) is 0 Å². The molecule has 174 valence electrons. The van der Waals surface area contributed by atoms with Gasteiger partial charge in [-0.15, -0.1) is 0 Å². The average Bonchev–Trinajstić information content (AvgIpc) is 2.74. The average molecular weight is 518 g/mol. The Morgan fingerprint density at radius 2 is 1.09 bits per heavy atom. The third kappa shape index (κ3) is 9.58. The SMILES string of the molecule is NC(=O)CCCCCCCCC(=O)N(Cc1ccc(Cl)c(Cl)c1)Cc1ccc(Cl)c(Cl)c1. The van der Waals surface area contributed by atoms with E-state index < -0.39 is 0 Å². The van der Waals surface area contributed by atoms with Crippen LogP contribution in [0.15, 0.2) is 36.4 Å². The lowest BCUT2D eigenvalue weighted by molar-refractivity contribution is -0.132. The summed E-state index contributed by atoms with van der Waals surface area (Å²) < 4.78 is 0. The molecule has 2 aromatic rings. The summed E-state index contributed by atoms with van der Waals surface area (Å²) in [5, 5.41) is 1.88. The molecule has 4 nitrogen and oxygen atoms in total. The van der Waals surface area contributed by atoms with E-state index in [0.29, 0.717) is 46.0 Å². The predicted molar refractivity (Wildman–Crippen MR) is 133 cm³/mol. The van der Waals surface area contributed by atoms with Crippen molar-refractivity contribution in [3.63, 3.8) is 0 Å². The molecule has 2 aromatic carbocycles. The van der Waals surface area contributed by atoms with E-state index in [1.54, 1.807) is 29.2 Å². The topological polar surface area (TPSA) is 63.4 Å². The van der Waals surface area contributed by atoms with Gasteiger partial charge in [0, 0.05) is 25.9 Å². The molecule has 0 spiro atoms. The molecule has 0 heterocycles. The van der Waals surface area contributed by atoms with Crippen molar-refractivity contribution < 1.29 is 9.59 Å². The normalized spacial score (nSPS) is 10.9. The van der Waals surface area contributed by atoms with Gasteiger partial charge in [-0.05, 0) is 48.2 Å². The quantitative estimate of drug-likeness (QED) is 0.280. The first kappa shape index (κ1) is 26.8. The zero-order valence-corrected chi connectivity index (χ0v) is 20.9. The molecule has 8 heteroatoms. The lowest BCUT2D eigenvalue weighted by Crippen LogP contribution is -2.30. The minimum Gasteiger partial charge on any atom is -0.370 e. The number of unbranched alkanes of at least 4 members (excludes halogenated alkanes) is 5. The molecular formula is C24H28Cl4N2O2. The largest absolute Gasteiger partial charge is 0.370 e. The van der Waals surface area contributed by atoms with Gasteiger partial charge in [0.15, 0.2) is 0 Å². The van der Waals surface area contributed by atoms with E-state index in [-0.39, 0.29) is 11.8 Å². The van der Waals surface area contributed by atoms with Gasteiger partial charge in [-0.3, -0.25) is 9.59 Å². The number of nitrogens with two attached hydrogens (primary N) is 1. The highest BCUT2D eigenvalue weighted by Crippen LogP contribution is 2.26. The lowest BCUT2D eigenvalue weighted by Gasteiger charge is -2.24. The van der Waals surface area contributed by atoms with E-state index >= 15 is 0 Å². The van der Waals surface area contributed by atoms with Crippen LogP contribution in [0.2, 0.25) is 20.1 Å². The molecule has 2 rings (SSSR count). The molecule has 0 bridgehead atoms. The summed E-state index contributed by atoms with van der Waals surface area (Å²) in [6.07, 6.45) is 6.57. The Morgan fingerprint density at radius 1 is 0.656 bits per heavy atom. The summed E-state index contributed by atoms with van der Waals surface area (Å²) in [4.78, 5) is 25.6. The van der Waals surface area contributed by atoms with Gasteiger partial charge < -0.3 is 10.6 Å². The van der Waals surface area contributed by atoms with Crippen LogP contribution >= 0.6 is 46.4 Å². The number of carbonyl (C=O) groups excluding carboxylic acids is 2. The van der Waals surface area contributed by atoms with Crippen molar-refractivity contribution >= 4 is 58.2 Å². The Hall–Kier alpha value is -1.46. The first-order chi connectivity index (χ1) is 15.3. The second-order valence-electron chi connectivity index (χ2n) is 7.83. The number of amides is 2. The number of hydrogen-bond donors (Lipinski definition) is 1. The maximum Gasteiger partial charge on any atom is 0.223 e. The number of primary amides is 1. The highest BCUT2D eigenvalue weighted by atomic mass is 35.5. The fourth-order valence-corrected chi connectivity index (χ4v) is 4.03. The van der Waals surface area contributed by atoms with Gasteiger partial charge in [-0.1, -0.05) is 84.2 Å². The standard InChI is InChI=1S/C24H28Cl4N2O2/c25-19-11-9-17(13-21(19)27)15-30(16-18-10-12-20(26)22(28)14-18)24(32)8-6-4-2-1-3-5-7-23(29)31/h9-14H,1-8,15-16H2,(H2,29,31). The van der Waals surface area contributed by atoms with Crippen LogP contribution in [0.3, 0.4) is 0 Å². The summed E-state index contributed by atoms with van der Waals surface area (Å²) in [7, 11) is 0. The molecule has 0 aliphatic heterocycles. The highest BCUT2D eigenvalue weighted by Gasteiger charge is 2.16. The third-order valence-corrected chi connectivity index (χ3v) is 6.61. The highest BCUT2D eigenvalue weighted by molar-refractivity contribution is 6.42. The minimum atomic E-state index is -0.250. The number of carbonyl (C=O) groups is 2. The molecule has 0 fully saturated rings. The van der Waals surface area contributed by atoms with E-state index in [2.05, 4.69) is 0 Å². The number of benzene rings is 2. The summed E-state index contributed by atoms with van der Waals surface area (Å²) in [6.45, 7) is 0.839. The maximum atomic E-state index is 13.0. The summed E-state index contributed by atoms with van der Waals surface area (Å²) in [5.74, 6) is -0.185. The van der Waals surface area contributed by atoms with Crippen LogP contribution in [0, 0.1) is 0 Å². The number of rotatable bonds is 13. The van der Waals surface area contributed by atoms with Crippen molar-refractivity contribution in [2.45, 2.75) is 64.5 Å². The third-order valence-electron chi connectivity index (χ3n) is 5.13. The van der Waals surface area contributed by atoms with Gasteiger partial charge in [-0.2, -0.15) is 0 Å². The van der Waals surface area contributed by atoms with Gasteiger partial charge in [0.25, 0.3) is 0 Å². The van der Waals surface area contributed by atoms with Gasteiger partial charge >= 0.3 is 0 Å². The van der Waals surface area contributed by atoms with Crippen LogP contribution in [-0.4, -0.2) is 16.7 Å². The first-order valence-corrected chi connectivity index (χ1v) is 12.2. The molecule has 0 atom stereocenters. The van der Waals surface area contributed by atoms with Crippen LogP contribution < -0.4 is 5.73 Å². The number of hydrogen-bond acceptors (Lipinski definition) is 2. The molecule has 32 heavy (non-hydrogen) atoms. The van der Waals surface area contributed by atoms with Crippen molar-refractivity contribution in [2.24, 2.45) is 5.73 Å². The van der Waals surface area contributed by atoms with Crippen molar-refractivity contribution in [3.8, 4) is 0 Å². The van der Waals surface area contributed by atoms with Crippen LogP contribution in [0.1, 0.15) is 62.5 Å². The second kappa shape index (κ2) is 13.9. The Bertz CT molecular complexity index is 867. The molecule has 2 N–H and O–H groups in total. The fourth-order valence-electron chi connectivity index (χ4n) is 3.39. The predicted octanol–water partition coefficient (Wildman–Crippen LogP) is 7.44. The fraction of sp³-hybridized carbons (Fsp3) is 0.417. The number of nitrogens with zero attached hydrogens (tertiary/aromatic N) is 1. The number of halogens is 4. The van der Waals surface area contributed by atoms with Gasteiger partial charge in [0.05, 0.1) is 20.1 Å². The first-order valence-electron chi connectivity index (χ1n) is 10.7. The zero-order valence-electron chi connectivity index (χ0n) is 17.9. The van der Waals surface area contributed by atoms with Crippen LogP contribution in [-0.2, 0) is 22.7 Å². The van der Waals surface area contributed by atoms with Gasteiger partial charge in [-0.25, -0.2) is 0 Å². The van der Waals surface area contributed by atoms with E-state index in [0.717, 1.165) is 49.7 Å². The Kier molecular flexibility index (Phi) is 11.7. The molecule has 0 saturated heterocycles. The van der Waals surface area contributed by atoms with E-state index in [1.165, 1.54) is 0 Å². The maximum absolute atomic E-state index is 13.0. The molecule has 0 radical (unpaired) electrons. The summed E-state index contributed by atoms with van der Waals surface area (Å²) in [5.41, 5.74) is 6.96. The molecule has 0 unspecified atom stereocenters. The molecular weight excluding hydrogens is 490 g/mol. The summed E-state index contributed by atoms with van der Waals surface area (Å²) >= 11 is 24.4. The minimum absolute atomic E-state index is 0.0656. The van der Waals surface area contributed by atoms with Crippen LogP contribution in [0.5, 0.6) is 0 Å². The molecule has 0 aliphatic rings. The Balaban J connectivity index is 1.93. The Morgan fingerprint density at radius 3 is 1.53 bits per heavy atom. The molecule has 0 aliphatic carbocycles. The zero-order chi connectivity index (χ0) is 23.5. The second-order valence-corrected chi connectivity index (χ2v) is 9.46. The van der Waals surface area contributed by atoms with Crippen molar-refractivity contribution in [1.82, 2.24) is 4.90 Å². The summed E-state index contributed by atoms with van der Waals surface area (Å²) in [6, 6.07) is 10.8. The van der Waals surface area contributed by atoms with Gasteiger partial charge in [0.1, 0.15) is 0 Å². The molecule has 0 aromatic heterocycles. The monoisotopic (exact) mass is 516 g/mol. The smallest absolute Gasteiger partial charge is 0.223 e. The van der Waals surface area contributed by atoms with Crippen LogP contribution in [0.25, 0.3) is 0 Å². The molecule has 2 amide bonds. The lowest BCUT2D eigenvalue weighted by atomic mass is 10.1. The van der Waals surface area contributed by atoms with E-state index in [1.807, 2.05) is 12.1 Å². The van der Waals surface area contributed by atoms with Crippen molar-refractivity contribution in [1.29, 1.82) is 0 Å². The van der Waals surface area contributed by atoms with Crippen molar-refractivity contribution in [3.05, 3.63) is 67.6 Å². The van der Waals surface area contributed by atoms with Crippen molar-refractivity contribution in [2.75, 3.05) is 0 Å². The molecule has 0 saturated carbocycles. The van der Waals surface area contributed by atoms with E-state index in [4.69, 9.17) is 52.1 Å². The Labute approximate surface area is 210 Å². The van der Waals surface area contributed by atoms with E-state index in [9.17, 15) is 9.59 Å².